The number of nitrogens with two attached hydrogens (primary N) is 1. The molecule has 0 saturated carbocycles. The van der Waals surface area contributed by atoms with Gasteiger partial charge in [0.1, 0.15) is 6.61 Å². The Morgan fingerprint density at radius 3 is 3.00 bits per heavy atom. The fourth-order valence-corrected chi connectivity index (χ4v) is 2.06. The predicted octanol–water partition coefficient (Wildman–Crippen LogP) is 0.422. The standard InChI is InChI=1S/C14H16N4O3/c15-10-7-17-18(8-10)6-5-16-14(19)13-9-20-11-3-1-2-4-12(11)21-13/h1-4,7-8,13H,5-6,9,15H2,(H,16,19). The van der Waals surface area contributed by atoms with Crippen LogP contribution in [-0.4, -0.2) is 34.9 Å². The lowest BCUT2D eigenvalue weighted by molar-refractivity contribution is -0.130. The van der Waals surface area contributed by atoms with Gasteiger partial charge in [0.25, 0.3) is 5.91 Å². The van der Waals surface area contributed by atoms with E-state index in [0.29, 0.717) is 30.3 Å². The number of para-hydroxylation sites is 2. The van der Waals surface area contributed by atoms with Crippen LogP contribution in [0.5, 0.6) is 11.5 Å². The second-order valence-corrected chi connectivity index (χ2v) is 4.69. The van der Waals surface area contributed by atoms with Crippen LogP contribution >= 0.6 is 0 Å². The van der Waals surface area contributed by atoms with E-state index in [1.54, 1.807) is 23.1 Å². The zero-order chi connectivity index (χ0) is 14.7. The van der Waals surface area contributed by atoms with Crippen molar-refractivity contribution in [3.05, 3.63) is 36.7 Å². The van der Waals surface area contributed by atoms with Gasteiger partial charge in [-0.3, -0.25) is 9.48 Å². The highest BCUT2D eigenvalue weighted by atomic mass is 16.6. The van der Waals surface area contributed by atoms with Crippen molar-refractivity contribution in [2.75, 3.05) is 18.9 Å². The fraction of sp³-hybridized carbons (Fsp3) is 0.286. The summed E-state index contributed by atoms with van der Waals surface area (Å²) in [6.07, 6.45) is 2.64. The molecule has 1 atom stereocenters. The van der Waals surface area contributed by atoms with Crippen LogP contribution in [0.25, 0.3) is 0 Å². The Morgan fingerprint density at radius 1 is 1.43 bits per heavy atom. The van der Waals surface area contributed by atoms with Gasteiger partial charge in [0.05, 0.1) is 18.4 Å². The number of anilines is 1. The number of carbonyl (C=O) groups excluding carboxylic acids is 1. The van der Waals surface area contributed by atoms with Crippen molar-refractivity contribution in [2.24, 2.45) is 0 Å². The van der Waals surface area contributed by atoms with Crippen LogP contribution in [0.3, 0.4) is 0 Å². The monoisotopic (exact) mass is 288 g/mol. The third-order valence-corrected chi connectivity index (χ3v) is 3.09. The Bertz CT molecular complexity index is 641. The van der Waals surface area contributed by atoms with E-state index in [1.807, 2.05) is 18.2 Å². The summed E-state index contributed by atoms with van der Waals surface area (Å²) in [4.78, 5) is 12.0. The smallest absolute Gasteiger partial charge is 0.264 e. The zero-order valence-electron chi connectivity index (χ0n) is 11.4. The molecule has 0 spiro atoms. The molecule has 0 bridgehead atoms. The molecule has 0 radical (unpaired) electrons. The number of carbonyl (C=O) groups is 1. The fourth-order valence-electron chi connectivity index (χ4n) is 2.06. The summed E-state index contributed by atoms with van der Waals surface area (Å²) in [5.41, 5.74) is 6.16. The van der Waals surface area contributed by atoms with Crippen LogP contribution in [0.2, 0.25) is 0 Å². The molecule has 3 rings (SSSR count). The SMILES string of the molecule is Nc1cnn(CCNC(=O)C2COc3ccccc3O2)c1. The summed E-state index contributed by atoms with van der Waals surface area (Å²) in [7, 11) is 0. The number of nitrogens with zero attached hydrogens (tertiary/aromatic N) is 2. The Hall–Kier alpha value is -2.70. The number of nitrogens with one attached hydrogen (secondary N) is 1. The number of ether oxygens (including phenoxy) is 2. The van der Waals surface area contributed by atoms with Gasteiger partial charge in [0, 0.05) is 12.7 Å². The molecule has 3 N–H and O–H groups in total. The first-order chi connectivity index (χ1) is 10.2. The van der Waals surface area contributed by atoms with E-state index in [1.165, 1.54) is 0 Å². The summed E-state index contributed by atoms with van der Waals surface area (Å²) in [6, 6.07) is 7.29. The largest absolute Gasteiger partial charge is 0.485 e. The third kappa shape index (κ3) is 3.07. The van der Waals surface area contributed by atoms with Crippen LogP contribution in [0.15, 0.2) is 36.7 Å². The number of benzene rings is 1. The minimum absolute atomic E-state index is 0.204. The Balaban J connectivity index is 1.50. The van der Waals surface area contributed by atoms with Gasteiger partial charge in [-0.1, -0.05) is 12.1 Å². The summed E-state index contributed by atoms with van der Waals surface area (Å²) in [5.74, 6) is 1.04. The molecule has 2 aromatic rings. The van der Waals surface area contributed by atoms with E-state index in [0.717, 1.165) is 0 Å². The van der Waals surface area contributed by atoms with Gasteiger partial charge in [-0.25, -0.2) is 0 Å². The maximum atomic E-state index is 12.0. The van der Waals surface area contributed by atoms with Gasteiger partial charge in [-0.05, 0) is 12.1 Å². The van der Waals surface area contributed by atoms with Gasteiger partial charge >= 0.3 is 0 Å². The average molecular weight is 288 g/mol. The van der Waals surface area contributed by atoms with E-state index in [2.05, 4.69) is 10.4 Å². The predicted molar refractivity (Wildman–Crippen MR) is 76.0 cm³/mol. The van der Waals surface area contributed by atoms with Gasteiger partial charge in [0.2, 0.25) is 6.10 Å². The topological polar surface area (TPSA) is 91.4 Å². The highest BCUT2D eigenvalue weighted by molar-refractivity contribution is 5.81. The van der Waals surface area contributed by atoms with Crippen molar-refractivity contribution in [1.29, 1.82) is 0 Å². The maximum absolute atomic E-state index is 12.0. The van der Waals surface area contributed by atoms with Crippen molar-refractivity contribution in [3.63, 3.8) is 0 Å². The van der Waals surface area contributed by atoms with Crippen molar-refractivity contribution in [3.8, 4) is 11.5 Å². The number of hydrogen-bond acceptors (Lipinski definition) is 5. The van der Waals surface area contributed by atoms with Crippen LogP contribution in [-0.2, 0) is 11.3 Å². The van der Waals surface area contributed by atoms with Crippen molar-refractivity contribution < 1.29 is 14.3 Å². The van der Waals surface area contributed by atoms with Crippen molar-refractivity contribution in [1.82, 2.24) is 15.1 Å². The highest BCUT2D eigenvalue weighted by Crippen LogP contribution is 2.30. The molecule has 7 heteroatoms. The number of hydrogen-bond donors (Lipinski definition) is 2. The van der Waals surface area contributed by atoms with E-state index >= 15 is 0 Å². The highest BCUT2D eigenvalue weighted by Gasteiger charge is 2.26. The summed E-state index contributed by atoms with van der Waals surface area (Å²) < 4.78 is 12.8. The lowest BCUT2D eigenvalue weighted by Gasteiger charge is -2.25. The minimum atomic E-state index is -0.636. The zero-order valence-corrected chi connectivity index (χ0v) is 11.4. The molecule has 7 nitrogen and oxygen atoms in total. The molecular weight excluding hydrogens is 272 g/mol. The minimum Gasteiger partial charge on any atom is -0.485 e. The third-order valence-electron chi connectivity index (χ3n) is 3.09. The molecule has 1 amide bonds. The molecule has 110 valence electrons. The van der Waals surface area contributed by atoms with Gasteiger partial charge in [0.15, 0.2) is 11.5 Å². The first-order valence-electron chi connectivity index (χ1n) is 6.66. The number of fused-ring (bicyclic) bond motifs is 1. The lowest BCUT2D eigenvalue weighted by Crippen LogP contribution is -2.44. The Kier molecular flexibility index (Phi) is 3.63. The molecule has 1 unspecified atom stereocenters. The van der Waals surface area contributed by atoms with E-state index < -0.39 is 6.10 Å². The normalized spacial score (nSPS) is 16.5. The van der Waals surface area contributed by atoms with Crippen LogP contribution < -0.4 is 20.5 Å². The summed E-state index contributed by atoms with van der Waals surface area (Å²) in [5, 5.41) is 6.83. The molecule has 1 aromatic heterocycles. The first-order valence-corrected chi connectivity index (χ1v) is 6.66. The van der Waals surface area contributed by atoms with Gasteiger partial charge in [-0.2, -0.15) is 5.10 Å². The molecule has 0 aliphatic carbocycles. The van der Waals surface area contributed by atoms with E-state index in [9.17, 15) is 4.79 Å². The molecule has 1 aromatic carbocycles. The van der Waals surface area contributed by atoms with Crippen LogP contribution in [0.4, 0.5) is 5.69 Å². The number of rotatable bonds is 4. The molecular formula is C14H16N4O3. The van der Waals surface area contributed by atoms with Gasteiger partial charge < -0.3 is 20.5 Å². The quantitative estimate of drug-likeness (QED) is 0.851. The van der Waals surface area contributed by atoms with Crippen molar-refractivity contribution in [2.45, 2.75) is 12.6 Å². The van der Waals surface area contributed by atoms with Gasteiger partial charge in [-0.15, -0.1) is 0 Å². The molecule has 0 fully saturated rings. The molecule has 2 heterocycles. The molecule has 21 heavy (non-hydrogen) atoms. The van der Waals surface area contributed by atoms with Crippen molar-refractivity contribution >= 4 is 11.6 Å². The number of amides is 1. The number of aromatic nitrogens is 2. The maximum Gasteiger partial charge on any atom is 0.264 e. The Labute approximate surface area is 121 Å². The molecule has 1 aliphatic heterocycles. The van der Waals surface area contributed by atoms with E-state index in [4.69, 9.17) is 15.2 Å². The molecule has 1 aliphatic rings. The first kappa shape index (κ1) is 13.3. The average Bonchev–Trinajstić information content (AvgIpc) is 2.92. The molecule has 0 saturated heterocycles. The summed E-state index contributed by atoms with van der Waals surface area (Å²) in [6.45, 7) is 1.20. The van der Waals surface area contributed by atoms with E-state index in [-0.39, 0.29) is 12.5 Å². The Morgan fingerprint density at radius 2 is 2.24 bits per heavy atom. The summed E-state index contributed by atoms with van der Waals surface area (Å²) >= 11 is 0. The lowest BCUT2D eigenvalue weighted by atomic mass is 10.2. The number of nitrogen functional groups attached to an aromatic ring is 1. The second kappa shape index (κ2) is 5.74. The van der Waals surface area contributed by atoms with Crippen LogP contribution in [0, 0.1) is 0 Å². The van der Waals surface area contributed by atoms with Crippen LogP contribution in [0.1, 0.15) is 0 Å². The second-order valence-electron chi connectivity index (χ2n) is 4.69.